The van der Waals surface area contributed by atoms with Crippen LogP contribution in [0.4, 0.5) is 11.5 Å². The molecular weight excluding hydrogens is 502 g/mol. The smallest absolute Gasteiger partial charge is 0.356 e. The minimum absolute atomic E-state index is 0.0908. The average molecular weight is 524 g/mol. The summed E-state index contributed by atoms with van der Waals surface area (Å²) in [6, 6.07) is 16.6. The molecule has 0 bridgehead atoms. The highest BCUT2D eigenvalue weighted by molar-refractivity contribution is 6.29. The lowest BCUT2D eigenvalue weighted by molar-refractivity contribution is 0.0691. The van der Waals surface area contributed by atoms with Crippen molar-refractivity contribution < 1.29 is 9.90 Å². The van der Waals surface area contributed by atoms with E-state index in [1.807, 2.05) is 43.0 Å². The van der Waals surface area contributed by atoms with Gasteiger partial charge in [0.1, 0.15) is 11.2 Å². The highest BCUT2D eigenvalue weighted by atomic mass is 35.5. The van der Waals surface area contributed by atoms with Crippen LogP contribution in [0.15, 0.2) is 42.5 Å². The Labute approximate surface area is 224 Å². The maximum absolute atomic E-state index is 11.7. The molecule has 4 aromatic rings. The SMILES string of the molecule is Cc1cc([C@@H](C)Nc2ccc(Cl)nc2C(=O)O)c2nc(N3CCc4cc(C#N)ccc4C3)c(C#N)nc2c1. The first kappa shape index (κ1) is 24.9. The molecule has 5 rings (SSSR count). The Bertz CT molecular complexity index is 1690. The van der Waals surface area contributed by atoms with Crippen molar-refractivity contribution >= 4 is 40.1 Å². The van der Waals surface area contributed by atoms with Crippen molar-refractivity contribution in [1.82, 2.24) is 15.0 Å². The summed E-state index contributed by atoms with van der Waals surface area (Å²) in [5.74, 6) is -0.698. The Morgan fingerprint density at radius 2 is 1.92 bits per heavy atom. The summed E-state index contributed by atoms with van der Waals surface area (Å²) in [5.41, 5.74) is 6.16. The van der Waals surface area contributed by atoms with E-state index in [1.54, 1.807) is 12.1 Å². The number of hydrogen-bond donors (Lipinski definition) is 2. The summed E-state index contributed by atoms with van der Waals surface area (Å²) in [6.07, 6.45) is 0.718. The van der Waals surface area contributed by atoms with Gasteiger partial charge in [-0.1, -0.05) is 23.7 Å². The van der Waals surface area contributed by atoms with E-state index in [4.69, 9.17) is 16.6 Å². The molecule has 2 N–H and O–H groups in total. The number of benzene rings is 2. The summed E-state index contributed by atoms with van der Waals surface area (Å²) in [6.45, 7) is 5.01. The van der Waals surface area contributed by atoms with E-state index in [1.165, 1.54) is 6.07 Å². The molecule has 1 aliphatic rings. The van der Waals surface area contributed by atoms with Crippen LogP contribution in [-0.4, -0.2) is 32.6 Å². The molecule has 9 nitrogen and oxygen atoms in total. The van der Waals surface area contributed by atoms with Crippen LogP contribution in [0.25, 0.3) is 11.0 Å². The number of halogens is 1. The molecule has 0 radical (unpaired) electrons. The van der Waals surface area contributed by atoms with Gasteiger partial charge >= 0.3 is 5.97 Å². The zero-order valence-corrected chi connectivity index (χ0v) is 21.4. The molecule has 1 atom stereocenters. The molecule has 0 saturated carbocycles. The Balaban J connectivity index is 1.56. The van der Waals surface area contributed by atoms with Gasteiger partial charge < -0.3 is 15.3 Å². The fourth-order valence-electron chi connectivity index (χ4n) is 4.78. The number of aromatic nitrogens is 3. The van der Waals surface area contributed by atoms with Crippen molar-refractivity contribution in [1.29, 1.82) is 10.5 Å². The Morgan fingerprint density at radius 1 is 1.11 bits per heavy atom. The molecule has 0 amide bonds. The molecule has 1 aliphatic heterocycles. The van der Waals surface area contributed by atoms with Gasteiger partial charge in [0.05, 0.1) is 34.4 Å². The third-order valence-electron chi connectivity index (χ3n) is 6.58. The molecule has 10 heteroatoms. The van der Waals surface area contributed by atoms with Crippen LogP contribution in [0, 0.1) is 29.6 Å². The lowest BCUT2D eigenvalue weighted by atomic mass is 9.97. The molecule has 2 aromatic carbocycles. The summed E-state index contributed by atoms with van der Waals surface area (Å²) in [5, 5.41) is 32.0. The van der Waals surface area contributed by atoms with E-state index in [0.29, 0.717) is 41.2 Å². The van der Waals surface area contributed by atoms with Crippen LogP contribution >= 0.6 is 11.6 Å². The van der Waals surface area contributed by atoms with E-state index in [9.17, 15) is 20.4 Å². The van der Waals surface area contributed by atoms with Gasteiger partial charge in [-0.15, -0.1) is 0 Å². The second-order valence-corrected chi connectivity index (χ2v) is 9.58. The fourth-order valence-corrected chi connectivity index (χ4v) is 4.93. The van der Waals surface area contributed by atoms with Gasteiger partial charge in [0.15, 0.2) is 17.2 Å². The minimum Gasteiger partial charge on any atom is -0.476 e. The fraction of sp³-hybridized carbons (Fsp3) is 0.214. The van der Waals surface area contributed by atoms with E-state index < -0.39 is 5.97 Å². The minimum atomic E-state index is -1.19. The Hall–Kier alpha value is -4.73. The number of pyridine rings is 1. The van der Waals surface area contributed by atoms with Gasteiger partial charge in [-0.3, -0.25) is 0 Å². The number of carboxylic acids is 1. The van der Waals surface area contributed by atoms with Crippen LogP contribution in [0.1, 0.15) is 57.0 Å². The van der Waals surface area contributed by atoms with Crippen molar-refractivity contribution in [2.75, 3.05) is 16.8 Å². The molecule has 0 saturated heterocycles. The number of rotatable bonds is 5. The van der Waals surface area contributed by atoms with Crippen molar-refractivity contribution in [3.8, 4) is 12.1 Å². The number of carbonyl (C=O) groups is 1. The summed E-state index contributed by atoms with van der Waals surface area (Å²) >= 11 is 5.91. The number of carboxylic acid groups (broad SMARTS) is 1. The van der Waals surface area contributed by atoms with Gasteiger partial charge in [-0.05, 0) is 67.3 Å². The second-order valence-electron chi connectivity index (χ2n) is 9.20. The summed E-state index contributed by atoms with van der Waals surface area (Å²) in [4.78, 5) is 27.3. The topological polar surface area (TPSA) is 139 Å². The quantitative estimate of drug-likeness (QED) is 0.339. The number of nitrogens with zero attached hydrogens (tertiary/aromatic N) is 6. The largest absolute Gasteiger partial charge is 0.476 e. The highest BCUT2D eigenvalue weighted by Crippen LogP contribution is 2.32. The molecule has 0 fully saturated rings. The number of anilines is 2. The molecule has 188 valence electrons. The summed E-state index contributed by atoms with van der Waals surface area (Å²) < 4.78 is 0. The van der Waals surface area contributed by atoms with Gasteiger partial charge in [-0.2, -0.15) is 10.5 Å². The number of aromatic carboxylic acids is 1. The molecule has 0 aliphatic carbocycles. The number of hydrogen-bond acceptors (Lipinski definition) is 8. The first-order valence-electron chi connectivity index (χ1n) is 11.9. The van der Waals surface area contributed by atoms with Crippen LogP contribution in [0.5, 0.6) is 0 Å². The van der Waals surface area contributed by atoms with Gasteiger partial charge in [0, 0.05) is 18.7 Å². The van der Waals surface area contributed by atoms with E-state index in [2.05, 4.69) is 27.4 Å². The van der Waals surface area contributed by atoms with Crippen LogP contribution in [0.2, 0.25) is 5.15 Å². The lowest BCUT2D eigenvalue weighted by Crippen LogP contribution is -2.32. The van der Waals surface area contributed by atoms with Crippen LogP contribution in [-0.2, 0) is 13.0 Å². The Morgan fingerprint density at radius 3 is 2.66 bits per heavy atom. The normalized spacial score (nSPS) is 13.3. The van der Waals surface area contributed by atoms with E-state index >= 15 is 0 Å². The number of nitriles is 2. The van der Waals surface area contributed by atoms with Crippen molar-refractivity contribution in [3.05, 3.63) is 86.8 Å². The molecular formula is C28H22ClN7O2. The number of aryl methyl sites for hydroxylation is 1. The molecule has 0 unspecified atom stereocenters. The summed E-state index contributed by atoms with van der Waals surface area (Å²) in [7, 11) is 0. The van der Waals surface area contributed by atoms with Crippen molar-refractivity contribution in [3.63, 3.8) is 0 Å². The first-order valence-corrected chi connectivity index (χ1v) is 12.3. The van der Waals surface area contributed by atoms with Crippen molar-refractivity contribution in [2.24, 2.45) is 0 Å². The monoisotopic (exact) mass is 523 g/mol. The lowest BCUT2D eigenvalue weighted by Gasteiger charge is -2.30. The maximum Gasteiger partial charge on any atom is 0.356 e. The zero-order valence-electron chi connectivity index (χ0n) is 20.7. The molecule has 0 spiro atoms. The number of nitrogens with one attached hydrogen (secondary N) is 1. The Kier molecular flexibility index (Phi) is 6.54. The first-order chi connectivity index (χ1) is 18.3. The predicted molar refractivity (Wildman–Crippen MR) is 143 cm³/mol. The van der Waals surface area contributed by atoms with Crippen molar-refractivity contribution in [2.45, 2.75) is 32.9 Å². The third kappa shape index (κ3) is 4.68. The third-order valence-corrected chi connectivity index (χ3v) is 6.79. The number of fused-ring (bicyclic) bond motifs is 2. The van der Waals surface area contributed by atoms with Crippen LogP contribution in [0.3, 0.4) is 0 Å². The standard InChI is InChI=1S/C28H22ClN7O2/c1-15-9-20(16(2)32-21-5-6-24(29)34-26(21)28(37)38)25-22(10-15)33-23(13-31)27(35-25)36-8-7-18-11-17(12-30)3-4-19(18)14-36/h3-6,9-11,16,32H,7-8,14H2,1-2H3,(H,37,38)/t16-/m1/s1. The maximum atomic E-state index is 11.7. The molecule has 38 heavy (non-hydrogen) atoms. The van der Waals surface area contributed by atoms with Gasteiger partial charge in [0.25, 0.3) is 0 Å². The zero-order chi connectivity index (χ0) is 27.0. The second kappa shape index (κ2) is 9.97. The molecule has 3 heterocycles. The molecule has 2 aromatic heterocycles. The average Bonchev–Trinajstić information content (AvgIpc) is 2.91. The predicted octanol–water partition coefficient (Wildman–Crippen LogP) is 5.16. The van der Waals surface area contributed by atoms with E-state index in [0.717, 1.165) is 28.7 Å². The van der Waals surface area contributed by atoms with Gasteiger partial charge in [-0.25, -0.2) is 19.7 Å². The van der Waals surface area contributed by atoms with Crippen LogP contribution < -0.4 is 10.2 Å². The van der Waals surface area contributed by atoms with E-state index in [-0.39, 0.29) is 22.6 Å². The highest BCUT2D eigenvalue weighted by Gasteiger charge is 2.24. The van der Waals surface area contributed by atoms with Gasteiger partial charge in [0.2, 0.25) is 0 Å².